The van der Waals surface area contributed by atoms with Crippen LogP contribution in [0, 0.1) is 12.7 Å². The first-order valence-corrected chi connectivity index (χ1v) is 11.1. The minimum atomic E-state index is -1.42. The summed E-state index contributed by atoms with van der Waals surface area (Å²) in [6.45, 7) is 1.86. The molecule has 2 amide bonds. The summed E-state index contributed by atoms with van der Waals surface area (Å²) in [7, 11) is 0. The molecule has 0 unspecified atom stereocenters. The number of aromatic nitrogens is 1. The largest absolute Gasteiger partial charge is 0.465 e. The highest BCUT2D eigenvalue weighted by molar-refractivity contribution is 6.12. The lowest BCUT2D eigenvalue weighted by molar-refractivity contribution is -0.115. The van der Waals surface area contributed by atoms with E-state index in [1.807, 2.05) is 19.1 Å². The summed E-state index contributed by atoms with van der Waals surface area (Å²) in [6, 6.07) is 21.9. The summed E-state index contributed by atoms with van der Waals surface area (Å²) in [5, 5.41) is 13.6. The molecule has 0 fully saturated rings. The number of nitrogens with one attached hydrogen (secondary N) is 2. The Morgan fingerprint density at radius 1 is 0.861 bits per heavy atom. The average Bonchev–Trinajstić information content (AvgIpc) is 2.87. The van der Waals surface area contributed by atoms with Crippen molar-refractivity contribution in [3.05, 3.63) is 102 Å². The average molecular weight is 483 g/mol. The number of pyridine rings is 1. The van der Waals surface area contributed by atoms with Gasteiger partial charge in [-0.3, -0.25) is 19.9 Å². The van der Waals surface area contributed by atoms with Gasteiger partial charge in [-0.1, -0.05) is 54.6 Å². The molecule has 7 nitrogen and oxygen atoms in total. The van der Waals surface area contributed by atoms with E-state index in [0.717, 1.165) is 16.8 Å². The Morgan fingerprint density at radius 2 is 1.61 bits per heavy atom. The number of carboxylic acid groups (broad SMARTS) is 1. The second-order valence-electron chi connectivity index (χ2n) is 8.01. The summed E-state index contributed by atoms with van der Waals surface area (Å²) in [5.41, 5.74) is 2.98. The number of carbonyl (C=O) groups excluding carboxylic acids is 2. The zero-order valence-electron chi connectivity index (χ0n) is 19.3. The van der Waals surface area contributed by atoms with Crippen molar-refractivity contribution < 1.29 is 23.9 Å². The van der Waals surface area contributed by atoms with Crippen LogP contribution >= 0.6 is 0 Å². The number of ketones is 1. The zero-order chi connectivity index (χ0) is 25.7. The number of benzene rings is 3. The molecule has 0 spiro atoms. The Hall–Kier alpha value is -4.85. The van der Waals surface area contributed by atoms with Crippen molar-refractivity contribution in [2.75, 3.05) is 10.6 Å². The number of rotatable bonds is 7. The number of nitrogens with zero attached hydrogens (tertiary/aromatic N) is 1. The molecule has 0 aliphatic carbocycles. The number of Topliss-reactive ketones (excluding diaryl/α,β-unsaturated/α-hetero) is 1. The van der Waals surface area contributed by atoms with Crippen LogP contribution in [0.25, 0.3) is 22.3 Å². The minimum Gasteiger partial charge on any atom is -0.465 e. The van der Waals surface area contributed by atoms with Gasteiger partial charge in [0.2, 0.25) is 5.91 Å². The van der Waals surface area contributed by atoms with Crippen LogP contribution in [0.4, 0.5) is 20.6 Å². The van der Waals surface area contributed by atoms with Crippen molar-refractivity contribution in [1.82, 2.24) is 4.98 Å². The van der Waals surface area contributed by atoms with Crippen LogP contribution in [0.2, 0.25) is 0 Å². The summed E-state index contributed by atoms with van der Waals surface area (Å²) in [5.74, 6) is -2.06. The number of aryl methyl sites for hydroxylation is 1. The predicted octanol–water partition coefficient (Wildman–Crippen LogP) is 6.16. The van der Waals surface area contributed by atoms with E-state index in [-0.39, 0.29) is 16.9 Å². The van der Waals surface area contributed by atoms with E-state index < -0.39 is 30.0 Å². The van der Waals surface area contributed by atoms with Crippen molar-refractivity contribution >= 4 is 29.2 Å². The van der Waals surface area contributed by atoms with Gasteiger partial charge in [0.1, 0.15) is 5.69 Å². The van der Waals surface area contributed by atoms with Crippen LogP contribution in [0.3, 0.4) is 0 Å². The fourth-order valence-corrected chi connectivity index (χ4v) is 3.84. The van der Waals surface area contributed by atoms with E-state index in [1.165, 1.54) is 12.1 Å². The third kappa shape index (κ3) is 5.44. The smallest absolute Gasteiger partial charge is 0.409 e. The quantitative estimate of drug-likeness (QED) is 0.215. The third-order valence-corrected chi connectivity index (χ3v) is 5.56. The van der Waals surface area contributed by atoms with Crippen LogP contribution in [-0.4, -0.2) is 27.9 Å². The van der Waals surface area contributed by atoms with Crippen LogP contribution in [0.15, 0.2) is 85.1 Å². The number of hydrogen-bond donors (Lipinski definition) is 3. The van der Waals surface area contributed by atoms with E-state index in [1.54, 1.807) is 60.8 Å². The Labute approximate surface area is 206 Å². The number of hydrogen-bond acceptors (Lipinski definition) is 4. The van der Waals surface area contributed by atoms with Crippen molar-refractivity contribution in [3.63, 3.8) is 0 Å². The maximum atomic E-state index is 15.4. The molecule has 1 heterocycles. The first-order chi connectivity index (χ1) is 17.3. The molecule has 3 N–H and O–H groups in total. The highest BCUT2D eigenvalue weighted by Gasteiger charge is 2.20. The van der Waals surface area contributed by atoms with Gasteiger partial charge in [0.15, 0.2) is 11.6 Å². The topological polar surface area (TPSA) is 108 Å². The van der Waals surface area contributed by atoms with Gasteiger partial charge in [-0.25, -0.2) is 9.18 Å². The van der Waals surface area contributed by atoms with Crippen molar-refractivity contribution in [1.29, 1.82) is 0 Å². The van der Waals surface area contributed by atoms with Crippen LogP contribution in [0.5, 0.6) is 0 Å². The van der Waals surface area contributed by atoms with Gasteiger partial charge >= 0.3 is 6.09 Å². The molecule has 0 radical (unpaired) electrons. The van der Waals surface area contributed by atoms with Gasteiger partial charge in [0.25, 0.3) is 0 Å². The molecule has 4 rings (SSSR count). The zero-order valence-corrected chi connectivity index (χ0v) is 19.3. The van der Waals surface area contributed by atoms with Gasteiger partial charge in [-0.2, -0.15) is 0 Å². The second kappa shape index (κ2) is 10.6. The number of halogens is 1. The highest BCUT2D eigenvalue weighted by atomic mass is 19.1. The summed E-state index contributed by atoms with van der Waals surface area (Å²) >= 11 is 0. The normalized spacial score (nSPS) is 10.5. The lowest BCUT2D eigenvalue weighted by atomic mass is 9.99. The van der Waals surface area contributed by atoms with E-state index in [9.17, 15) is 14.4 Å². The Balaban J connectivity index is 1.58. The van der Waals surface area contributed by atoms with E-state index in [2.05, 4.69) is 15.6 Å². The molecule has 1 aromatic heterocycles. The van der Waals surface area contributed by atoms with Gasteiger partial charge in [-0.15, -0.1) is 0 Å². The first-order valence-electron chi connectivity index (χ1n) is 11.1. The lowest BCUT2D eigenvalue weighted by Gasteiger charge is -2.15. The molecule has 8 heteroatoms. The van der Waals surface area contributed by atoms with E-state index >= 15 is 4.39 Å². The number of carbonyl (C=O) groups is 3. The summed E-state index contributed by atoms with van der Waals surface area (Å²) in [4.78, 5) is 41.1. The molecule has 0 aliphatic rings. The maximum absolute atomic E-state index is 15.4. The minimum absolute atomic E-state index is 0.144. The van der Waals surface area contributed by atoms with Gasteiger partial charge in [0, 0.05) is 28.6 Å². The predicted molar refractivity (Wildman–Crippen MR) is 135 cm³/mol. The van der Waals surface area contributed by atoms with E-state index in [0.29, 0.717) is 11.1 Å². The van der Waals surface area contributed by atoms with Crippen molar-refractivity contribution in [3.8, 4) is 22.3 Å². The first kappa shape index (κ1) is 24.3. The Kier molecular flexibility index (Phi) is 7.15. The van der Waals surface area contributed by atoms with Crippen LogP contribution < -0.4 is 10.6 Å². The molecule has 36 heavy (non-hydrogen) atoms. The molecule has 0 aliphatic heterocycles. The fourth-order valence-electron chi connectivity index (χ4n) is 3.84. The standard InChI is InChI=1S/C28H22FN3O4/c1-17-21(11-6-14-30-17)19-9-5-10-20(15-19)24(33)16-25(34)32-27-23(31-28(35)36)13-12-22(26(27)29)18-7-3-2-4-8-18/h2-15,31H,16H2,1H3,(H,32,34)(H,35,36). The molecule has 0 bridgehead atoms. The van der Waals surface area contributed by atoms with Gasteiger partial charge in [0.05, 0.1) is 12.1 Å². The van der Waals surface area contributed by atoms with E-state index in [4.69, 9.17) is 5.11 Å². The molecular formula is C28H22FN3O4. The second-order valence-corrected chi connectivity index (χ2v) is 8.01. The molecular weight excluding hydrogens is 461 g/mol. The lowest BCUT2D eigenvalue weighted by Crippen LogP contribution is -2.19. The van der Waals surface area contributed by atoms with Crippen LogP contribution in [-0.2, 0) is 4.79 Å². The Bertz CT molecular complexity index is 1450. The van der Waals surface area contributed by atoms with Gasteiger partial charge in [-0.05, 0) is 42.3 Å². The van der Waals surface area contributed by atoms with Gasteiger partial charge < -0.3 is 10.4 Å². The third-order valence-electron chi connectivity index (χ3n) is 5.56. The fraction of sp³-hybridized carbons (Fsp3) is 0.0714. The number of amides is 2. The van der Waals surface area contributed by atoms with Crippen molar-refractivity contribution in [2.24, 2.45) is 0 Å². The maximum Gasteiger partial charge on any atom is 0.409 e. The monoisotopic (exact) mass is 483 g/mol. The SMILES string of the molecule is Cc1ncccc1-c1cccc(C(=O)CC(=O)Nc2c(NC(=O)O)ccc(-c3ccccc3)c2F)c1. The molecule has 0 saturated heterocycles. The summed E-state index contributed by atoms with van der Waals surface area (Å²) in [6.07, 6.45) is -0.301. The number of anilines is 2. The van der Waals surface area contributed by atoms with Crippen molar-refractivity contribution in [2.45, 2.75) is 13.3 Å². The Morgan fingerprint density at radius 3 is 2.33 bits per heavy atom. The summed E-state index contributed by atoms with van der Waals surface area (Å²) < 4.78 is 15.4. The molecule has 0 atom stereocenters. The van der Waals surface area contributed by atoms with Crippen LogP contribution in [0.1, 0.15) is 22.5 Å². The molecule has 4 aromatic rings. The molecule has 3 aromatic carbocycles. The highest BCUT2D eigenvalue weighted by Crippen LogP contribution is 2.34. The molecule has 0 saturated carbocycles. The molecule has 180 valence electrons.